The second kappa shape index (κ2) is 6.76. The van der Waals surface area contributed by atoms with E-state index in [1.807, 2.05) is 38.2 Å². The quantitative estimate of drug-likeness (QED) is 0.904. The van der Waals surface area contributed by atoms with E-state index in [0.29, 0.717) is 19.4 Å². The number of nitrogens with zero attached hydrogens (tertiary/aromatic N) is 4. The Morgan fingerprint density at radius 2 is 2.25 bits per heavy atom. The Kier molecular flexibility index (Phi) is 4.71. The molecular formula is C17H25N5O2. The summed E-state index contributed by atoms with van der Waals surface area (Å²) >= 11 is 0. The minimum Gasteiger partial charge on any atom is -0.380 e. The van der Waals surface area contributed by atoms with Gasteiger partial charge in [0.05, 0.1) is 24.0 Å². The molecule has 1 aliphatic rings. The Morgan fingerprint density at radius 1 is 1.46 bits per heavy atom. The van der Waals surface area contributed by atoms with Gasteiger partial charge in [0.1, 0.15) is 5.82 Å². The van der Waals surface area contributed by atoms with Crippen molar-refractivity contribution in [2.24, 2.45) is 7.05 Å². The summed E-state index contributed by atoms with van der Waals surface area (Å²) < 4.78 is 7.26. The average molecular weight is 331 g/mol. The van der Waals surface area contributed by atoms with Gasteiger partial charge in [0.2, 0.25) is 5.91 Å². The summed E-state index contributed by atoms with van der Waals surface area (Å²) in [4.78, 5) is 22.6. The van der Waals surface area contributed by atoms with Crippen LogP contribution in [0.25, 0.3) is 0 Å². The lowest BCUT2D eigenvalue weighted by molar-refractivity contribution is -0.132. The van der Waals surface area contributed by atoms with E-state index < -0.39 is 0 Å². The van der Waals surface area contributed by atoms with E-state index in [-0.39, 0.29) is 18.1 Å². The lowest BCUT2D eigenvalue weighted by atomic mass is 10.1. The van der Waals surface area contributed by atoms with Crippen molar-refractivity contribution in [2.45, 2.75) is 45.3 Å². The molecule has 1 amide bonds. The first-order chi connectivity index (χ1) is 11.5. The molecule has 0 radical (unpaired) electrons. The maximum atomic E-state index is 12.8. The van der Waals surface area contributed by atoms with Crippen LogP contribution in [-0.2, 0) is 23.0 Å². The van der Waals surface area contributed by atoms with E-state index in [4.69, 9.17) is 4.74 Å². The van der Waals surface area contributed by atoms with E-state index in [2.05, 4.69) is 15.1 Å². The molecule has 0 bridgehead atoms. The van der Waals surface area contributed by atoms with E-state index in [1.54, 1.807) is 11.8 Å². The molecular weight excluding hydrogens is 306 g/mol. The Morgan fingerprint density at radius 3 is 2.83 bits per heavy atom. The minimum atomic E-state index is -0.0382. The van der Waals surface area contributed by atoms with Crippen LogP contribution in [-0.4, -0.2) is 50.3 Å². The molecule has 0 aliphatic carbocycles. The summed E-state index contributed by atoms with van der Waals surface area (Å²) in [7, 11) is 3.58. The maximum Gasteiger partial charge on any atom is 0.223 e. The van der Waals surface area contributed by atoms with E-state index in [0.717, 1.165) is 29.2 Å². The van der Waals surface area contributed by atoms with Gasteiger partial charge in [0.15, 0.2) is 0 Å². The van der Waals surface area contributed by atoms with Gasteiger partial charge >= 0.3 is 0 Å². The molecule has 1 saturated heterocycles. The third-order valence-corrected chi connectivity index (χ3v) is 4.76. The fourth-order valence-corrected chi connectivity index (χ4v) is 3.23. The number of amides is 1. The number of H-pyrrole nitrogens is 1. The monoisotopic (exact) mass is 331 g/mol. The first-order valence-corrected chi connectivity index (χ1v) is 8.30. The van der Waals surface area contributed by atoms with Crippen LogP contribution in [0.1, 0.15) is 41.7 Å². The lowest BCUT2D eigenvalue weighted by Crippen LogP contribution is -2.32. The van der Waals surface area contributed by atoms with Crippen LogP contribution >= 0.6 is 0 Å². The Labute approximate surface area is 142 Å². The molecule has 24 heavy (non-hydrogen) atoms. The lowest BCUT2D eigenvalue weighted by Gasteiger charge is -2.23. The number of aromatic amines is 1. The molecule has 1 aliphatic heterocycles. The maximum absolute atomic E-state index is 12.8. The molecule has 2 aromatic rings. The number of ether oxygens (including phenoxy) is 1. The summed E-state index contributed by atoms with van der Waals surface area (Å²) in [5.41, 5.74) is 3.11. The molecule has 0 aromatic carbocycles. The van der Waals surface area contributed by atoms with Crippen molar-refractivity contribution < 1.29 is 9.53 Å². The van der Waals surface area contributed by atoms with Gasteiger partial charge in [-0.1, -0.05) is 0 Å². The molecule has 3 heterocycles. The van der Waals surface area contributed by atoms with Gasteiger partial charge in [0.25, 0.3) is 0 Å². The first-order valence-electron chi connectivity index (χ1n) is 8.30. The zero-order chi connectivity index (χ0) is 17.3. The molecule has 7 nitrogen and oxygen atoms in total. The zero-order valence-corrected chi connectivity index (χ0v) is 14.7. The van der Waals surface area contributed by atoms with Gasteiger partial charge < -0.3 is 14.6 Å². The molecule has 3 rings (SSSR count). The van der Waals surface area contributed by atoms with Gasteiger partial charge in [0, 0.05) is 45.4 Å². The van der Waals surface area contributed by atoms with Crippen LogP contribution in [0.3, 0.4) is 0 Å². The topological polar surface area (TPSA) is 76.0 Å². The molecule has 2 atom stereocenters. The minimum absolute atomic E-state index is 0.0382. The molecule has 0 saturated carbocycles. The third-order valence-electron chi connectivity index (χ3n) is 4.76. The third kappa shape index (κ3) is 3.36. The van der Waals surface area contributed by atoms with Crippen molar-refractivity contribution >= 4 is 5.91 Å². The summed E-state index contributed by atoms with van der Waals surface area (Å²) in [6.45, 7) is 4.60. The van der Waals surface area contributed by atoms with Gasteiger partial charge in [-0.15, -0.1) is 0 Å². The first kappa shape index (κ1) is 16.7. The molecule has 1 N–H and O–H groups in total. The second-order valence-corrected chi connectivity index (χ2v) is 6.51. The highest BCUT2D eigenvalue weighted by Crippen LogP contribution is 2.33. The second-order valence-electron chi connectivity index (χ2n) is 6.51. The molecule has 7 heteroatoms. The van der Waals surface area contributed by atoms with Gasteiger partial charge in [-0.2, -0.15) is 5.10 Å². The van der Waals surface area contributed by atoms with E-state index in [1.165, 1.54) is 0 Å². The fraction of sp³-hybridized carbons (Fsp3) is 0.588. The molecule has 130 valence electrons. The van der Waals surface area contributed by atoms with E-state index in [9.17, 15) is 4.79 Å². The van der Waals surface area contributed by atoms with Crippen LogP contribution in [0.15, 0.2) is 12.4 Å². The average Bonchev–Trinajstić information content (AvgIpc) is 3.24. The van der Waals surface area contributed by atoms with Crippen molar-refractivity contribution in [3.63, 3.8) is 0 Å². The Bertz CT molecular complexity index is 701. The van der Waals surface area contributed by atoms with Crippen LogP contribution in [0.2, 0.25) is 0 Å². The highest BCUT2D eigenvalue weighted by Gasteiger charge is 2.37. The molecule has 2 aromatic heterocycles. The highest BCUT2D eigenvalue weighted by atomic mass is 16.5. The Hall–Kier alpha value is -2.15. The number of rotatable bonds is 5. The van der Waals surface area contributed by atoms with Crippen LogP contribution < -0.4 is 0 Å². The van der Waals surface area contributed by atoms with Crippen molar-refractivity contribution in [1.82, 2.24) is 24.6 Å². The van der Waals surface area contributed by atoms with Crippen molar-refractivity contribution in [2.75, 3.05) is 13.7 Å². The number of carbonyl (C=O) groups excluding carboxylic acids is 1. The molecule has 0 spiro atoms. The normalized spacial score (nSPS) is 20.8. The standard InChI is InChI=1S/C17H25N5O2/c1-11-12(2)20-17(19-11)15-7-14(24-4)10-22(15)16(23)6-5-13-8-18-21(3)9-13/h8-9,14-15H,5-7,10H2,1-4H3,(H,19,20)/t14-,15+/m1/s1. The predicted octanol–water partition coefficient (Wildman–Crippen LogP) is 1.68. The number of hydrogen-bond donors (Lipinski definition) is 1. The van der Waals surface area contributed by atoms with Crippen LogP contribution in [0.5, 0.6) is 0 Å². The molecule has 1 fully saturated rings. The van der Waals surface area contributed by atoms with E-state index >= 15 is 0 Å². The number of nitrogens with one attached hydrogen (secondary N) is 1. The fourth-order valence-electron chi connectivity index (χ4n) is 3.23. The zero-order valence-electron chi connectivity index (χ0n) is 14.7. The molecule has 0 unspecified atom stereocenters. The summed E-state index contributed by atoms with van der Waals surface area (Å²) in [5.74, 6) is 0.995. The van der Waals surface area contributed by atoms with Gasteiger partial charge in [-0.3, -0.25) is 9.48 Å². The van der Waals surface area contributed by atoms with Crippen molar-refractivity contribution in [1.29, 1.82) is 0 Å². The SMILES string of the molecule is CO[C@@H]1C[C@@H](c2nc(C)c(C)[nH]2)N(C(=O)CCc2cnn(C)c2)C1. The van der Waals surface area contributed by atoms with Crippen molar-refractivity contribution in [3.8, 4) is 0 Å². The smallest absolute Gasteiger partial charge is 0.223 e. The Balaban J connectivity index is 1.71. The van der Waals surface area contributed by atoms with Crippen LogP contribution in [0, 0.1) is 13.8 Å². The van der Waals surface area contributed by atoms with Gasteiger partial charge in [-0.05, 0) is 25.8 Å². The summed E-state index contributed by atoms with van der Waals surface area (Å²) in [6.07, 6.45) is 5.77. The number of hydrogen-bond acceptors (Lipinski definition) is 4. The number of likely N-dealkylation sites (tertiary alicyclic amines) is 1. The predicted molar refractivity (Wildman–Crippen MR) is 89.5 cm³/mol. The highest BCUT2D eigenvalue weighted by molar-refractivity contribution is 5.77. The number of imidazole rings is 1. The summed E-state index contributed by atoms with van der Waals surface area (Å²) in [5, 5.41) is 4.15. The number of carbonyl (C=O) groups is 1. The van der Waals surface area contributed by atoms with Crippen LogP contribution in [0.4, 0.5) is 0 Å². The number of methoxy groups -OCH3 is 1. The largest absolute Gasteiger partial charge is 0.380 e. The number of aromatic nitrogens is 4. The van der Waals surface area contributed by atoms with Crippen molar-refractivity contribution in [3.05, 3.63) is 35.2 Å². The van der Waals surface area contributed by atoms with Gasteiger partial charge in [-0.25, -0.2) is 4.98 Å². The summed E-state index contributed by atoms with van der Waals surface area (Å²) in [6, 6.07) is -0.0382. The number of aryl methyl sites for hydroxylation is 4.